The number of hydrogen-bond acceptors (Lipinski definition) is 6. The van der Waals surface area contributed by atoms with Gasteiger partial charge in [0, 0.05) is 34.1 Å². The van der Waals surface area contributed by atoms with Crippen molar-refractivity contribution in [3.63, 3.8) is 0 Å². The highest BCUT2D eigenvalue weighted by molar-refractivity contribution is 8.00. The molecule has 44 heavy (non-hydrogen) atoms. The number of carbonyl (C=O) groups excluding carboxylic acids is 3. The van der Waals surface area contributed by atoms with Gasteiger partial charge in [0.15, 0.2) is 6.10 Å². The number of aromatic hydroxyl groups is 1. The minimum Gasteiger partial charge on any atom is -0.508 e. The first kappa shape index (κ1) is 31.2. The number of aromatic nitrogens is 1. The number of rotatable bonds is 9. The lowest BCUT2D eigenvalue weighted by molar-refractivity contribution is -0.147. The van der Waals surface area contributed by atoms with E-state index >= 15 is 0 Å². The lowest BCUT2D eigenvalue weighted by atomic mass is 9.96. The molecule has 4 N–H and O–H groups in total. The van der Waals surface area contributed by atoms with Crippen molar-refractivity contribution in [1.29, 1.82) is 0 Å². The third-order valence-electron chi connectivity index (χ3n) is 8.37. The van der Waals surface area contributed by atoms with Gasteiger partial charge in [0.05, 0.1) is 18.5 Å². The standard InChI is InChI=1S/C34H38N4O5S/c1-21-25(14-10-16-28(21)39)31(41)36-26(17-22-11-6-5-7-12-22)29(40)33(43)38-20-44-34(2,3)30(38)32(42)35-19-24-18-23-13-8-9-15-27(23)37(24)4/h5-16,18,26,29-30,39-40H,17,19-20H2,1-4H3,(H,35,42)(H,36,41)/t26-,29-,30+/m0/s1. The number of fused-ring (bicyclic) bond motifs is 1. The van der Waals surface area contributed by atoms with Crippen molar-refractivity contribution in [3.8, 4) is 5.75 Å². The Morgan fingerprint density at radius 1 is 1.02 bits per heavy atom. The Kier molecular flexibility index (Phi) is 9.03. The highest BCUT2D eigenvalue weighted by atomic mass is 32.2. The van der Waals surface area contributed by atoms with Crippen molar-refractivity contribution < 1.29 is 24.6 Å². The van der Waals surface area contributed by atoms with E-state index in [0.717, 1.165) is 22.2 Å². The Balaban J connectivity index is 1.36. The molecule has 0 saturated carbocycles. The zero-order valence-electron chi connectivity index (χ0n) is 25.3. The summed E-state index contributed by atoms with van der Waals surface area (Å²) in [6, 6.07) is 22.1. The van der Waals surface area contributed by atoms with E-state index in [9.17, 15) is 24.6 Å². The molecule has 3 amide bonds. The average molecular weight is 615 g/mol. The van der Waals surface area contributed by atoms with Gasteiger partial charge in [-0.05, 0) is 62.4 Å². The maximum Gasteiger partial charge on any atom is 0.254 e. The minimum atomic E-state index is -1.63. The number of thioether (sulfide) groups is 1. The molecular weight excluding hydrogens is 576 g/mol. The van der Waals surface area contributed by atoms with E-state index in [2.05, 4.69) is 10.6 Å². The Hall–Kier alpha value is -4.28. The molecule has 1 aliphatic heterocycles. The zero-order valence-corrected chi connectivity index (χ0v) is 26.1. The van der Waals surface area contributed by atoms with Gasteiger partial charge in [-0.2, -0.15) is 0 Å². The second-order valence-electron chi connectivity index (χ2n) is 11.7. The minimum absolute atomic E-state index is 0.0255. The molecule has 5 rings (SSSR count). The molecular formula is C34H38N4O5S. The molecule has 3 aromatic carbocycles. The number of benzene rings is 3. The van der Waals surface area contributed by atoms with Crippen LogP contribution < -0.4 is 10.6 Å². The molecule has 1 fully saturated rings. The summed E-state index contributed by atoms with van der Waals surface area (Å²) in [6.45, 7) is 5.73. The van der Waals surface area contributed by atoms with Crippen LogP contribution in [-0.4, -0.2) is 66.2 Å². The van der Waals surface area contributed by atoms with Gasteiger partial charge in [-0.25, -0.2) is 0 Å². The van der Waals surface area contributed by atoms with Crippen LogP contribution in [0.5, 0.6) is 5.75 Å². The van der Waals surface area contributed by atoms with E-state index in [1.165, 1.54) is 22.7 Å². The van der Waals surface area contributed by atoms with E-state index in [-0.39, 0.29) is 36.1 Å². The van der Waals surface area contributed by atoms with Crippen LogP contribution in [0.1, 0.15) is 41.0 Å². The number of phenols is 1. The van der Waals surface area contributed by atoms with E-state index in [1.807, 2.05) is 86.1 Å². The molecule has 230 valence electrons. The Morgan fingerprint density at radius 2 is 1.73 bits per heavy atom. The molecule has 1 saturated heterocycles. The van der Waals surface area contributed by atoms with Crippen molar-refractivity contribution in [2.24, 2.45) is 7.05 Å². The Morgan fingerprint density at radius 3 is 2.45 bits per heavy atom. The molecule has 4 aromatic rings. The largest absolute Gasteiger partial charge is 0.508 e. The van der Waals surface area contributed by atoms with Crippen LogP contribution in [0.4, 0.5) is 0 Å². The number of aryl methyl sites for hydroxylation is 1. The van der Waals surface area contributed by atoms with E-state index in [1.54, 1.807) is 19.1 Å². The third kappa shape index (κ3) is 6.32. The van der Waals surface area contributed by atoms with E-state index < -0.39 is 34.7 Å². The SMILES string of the molecule is Cc1c(O)cccc1C(=O)N[C@@H](Cc1ccccc1)[C@H](O)C(=O)N1CSC(C)(C)[C@H]1C(=O)NCc1cc2ccccc2n1C. The first-order valence-electron chi connectivity index (χ1n) is 14.5. The normalized spacial score (nSPS) is 17.3. The fourth-order valence-electron chi connectivity index (χ4n) is 5.77. The lowest BCUT2D eigenvalue weighted by Crippen LogP contribution is -2.58. The second-order valence-corrected chi connectivity index (χ2v) is 13.3. The van der Waals surface area contributed by atoms with Crippen LogP contribution in [0, 0.1) is 6.92 Å². The Bertz CT molecular complexity index is 1690. The summed E-state index contributed by atoms with van der Waals surface area (Å²) in [7, 11) is 1.95. The summed E-state index contributed by atoms with van der Waals surface area (Å²) < 4.78 is 1.41. The number of aliphatic hydroxyl groups excluding tert-OH is 1. The van der Waals surface area contributed by atoms with Crippen LogP contribution >= 0.6 is 11.8 Å². The lowest BCUT2D eigenvalue weighted by Gasteiger charge is -2.33. The zero-order chi connectivity index (χ0) is 31.6. The van der Waals surface area contributed by atoms with Crippen LogP contribution in [0.15, 0.2) is 78.9 Å². The van der Waals surface area contributed by atoms with Crippen LogP contribution in [0.2, 0.25) is 0 Å². The van der Waals surface area contributed by atoms with Gasteiger partial charge in [0.2, 0.25) is 5.91 Å². The first-order chi connectivity index (χ1) is 21.0. The molecule has 0 unspecified atom stereocenters. The number of carbonyl (C=O) groups is 3. The molecule has 10 heteroatoms. The fraction of sp³-hybridized carbons (Fsp3) is 0.324. The predicted octanol–water partition coefficient (Wildman–Crippen LogP) is 3.89. The van der Waals surface area contributed by atoms with Crippen molar-refractivity contribution in [3.05, 3.63) is 101 Å². The molecule has 1 aliphatic rings. The molecule has 0 bridgehead atoms. The van der Waals surface area contributed by atoms with Crippen LogP contribution in [0.25, 0.3) is 10.9 Å². The smallest absolute Gasteiger partial charge is 0.254 e. The number of hydrogen-bond donors (Lipinski definition) is 4. The second kappa shape index (κ2) is 12.8. The van der Waals surface area contributed by atoms with Gasteiger partial charge in [0.1, 0.15) is 11.8 Å². The molecule has 0 spiro atoms. The summed E-state index contributed by atoms with van der Waals surface area (Å²) >= 11 is 1.46. The number of phenolic OH excluding ortho intramolecular Hbond substituents is 1. The van der Waals surface area contributed by atoms with Gasteiger partial charge < -0.3 is 30.3 Å². The highest BCUT2D eigenvalue weighted by Crippen LogP contribution is 2.40. The summed E-state index contributed by atoms with van der Waals surface area (Å²) in [4.78, 5) is 42.4. The Labute approximate surface area is 261 Å². The van der Waals surface area contributed by atoms with Crippen molar-refractivity contribution >= 4 is 40.4 Å². The molecule has 2 heterocycles. The fourth-order valence-corrected chi connectivity index (χ4v) is 6.91. The number of nitrogens with zero attached hydrogens (tertiary/aromatic N) is 2. The van der Waals surface area contributed by atoms with Crippen LogP contribution in [-0.2, 0) is 29.6 Å². The number of para-hydroxylation sites is 1. The van der Waals surface area contributed by atoms with Gasteiger partial charge in [-0.1, -0.05) is 54.6 Å². The number of aliphatic hydroxyl groups is 1. The van der Waals surface area contributed by atoms with Gasteiger partial charge >= 0.3 is 0 Å². The number of nitrogens with one attached hydrogen (secondary N) is 2. The van der Waals surface area contributed by atoms with E-state index in [0.29, 0.717) is 5.56 Å². The summed E-state index contributed by atoms with van der Waals surface area (Å²) in [6.07, 6.45) is -1.45. The summed E-state index contributed by atoms with van der Waals surface area (Å²) in [5.74, 6) is -1.28. The molecule has 3 atom stereocenters. The maximum absolute atomic E-state index is 14.0. The van der Waals surface area contributed by atoms with Crippen molar-refractivity contribution in [1.82, 2.24) is 20.1 Å². The quantitative estimate of drug-likeness (QED) is 0.227. The number of amides is 3. The van der Waals surface area contributed by atoms with Gasteiger partial charge in [-0.3, -0.25) is 14.4 Å². The highest BCUT2D eigenvalue weighted by Gasteiger charge is 2.49. The van der Waals surface area contributed by atoms with Crippen molar-refractivity contribution in [2.75, 3.05) is 5.88 Å². The molecule has 0 aliphatic carbocycles. The molecule has 9 nitrogen and oxygen atoms in total. The van der Waals surface area contributed by atoms with Gasteiger partial charge in [-0.15, -0.1) is 11.8 Å². The molecule has 0 radical (unpaired) electrons. The predicted molar refractivity (Wildman–Crippen MR) is 172 cm³/mol. The first-order valence-corrected chi connectivity index (χ1v) is 15.5. The average Bonchev–Trinajstić information content (AvgIpc) is 3.51. The summed E-state index contributed by atoms with van der Waals surface area (Å²) in [5.41, 5.74) is 3.43. The van der Waals surface area contributed by atoms with Gasteiger partial charge in [0.25, 0.3) is 11.8 Å². The molecule has 1 aromatic heterocycles. The summed E-state index contributed by atoms with van der Waals surface area (Å²) in [5, 5.41) is 28.6. The topological polar surface area (TPSA) is 124 Å². The van der Waals surface area contributed by atoms with Crippen molar-refractivity contribution in [2.45, 2.75) is 56.7 Å². The third-order valence-corrected chi connectivity index (χ3v) is 9.75. The monoisotopic (exact) mass is 614 g/mol. The maximum atomic E-state index is 14.0. The van der Waals surface area contributed by atoms with Crippen LogP contribution in [0.3, 0.4) is 0 Å². The van der Waals surface area contributed by atoms with E-state index in [4.69, 9.17) is 0 Å².